The molecule has 0 aliphatic carbocycles. The maximum Gasteiger partial charge on any atom is 0.238 e. The van der Waals surface area contributed by atoms with Gasteiger partial charge >= 0.3 is 0 Å². The molecule has 5 heteroatoms. The zero-order valence-electron chi connectivity index (χ0n) is 12.1. The number of hydrogen-bond donors (Lipinski definition) is 2. The number of hydrogen-bond acceptors (Lipinski definition) is 2. The molecule has 0 saturated carbocycles. The minimum atomic E-state index is -3.67. The van der Waals surface area contributed by atoms with Gasteiger partial charge in [0, 0.05) is 11.3 Å². The maximum absolute atomic E-state index is 11.3. The number of aryl methyl sites for hydroxylation is 1. The number of sulfonamides is 1. The van der Waals surface area contributed by atoms with E-state index >= 15 is 0 Å². The van der Waals surface area contributed by atoms with Gasteiger partial charge in [-0.25, -0.2) is 13.6 Å². The summed E-state index contributed by atoms with van der Waals surface area (Å²) >= 11 is 0. The summed E-state index contributed by atoms with van der Waals surface area (Å²) in [4.78, 5) is 3.48. The van der Waals surface area contributed by atoms with Gasteiger partial charge < -0.3 is 4.98 Å². The molecule has 0 radical (unpaired) electrons. The van der Waals surface area contributed by atoms with Crippen molar-refractivity contribution in [2.75, 3.05) is 0 Å². The zero-order chi connectivity index (χ0) is 15.7. The molecule has 0 aliphatic rings. The van der Waals surface area contributed by atoms with E-state index < -0.39 is 10.0 Å². The van der Waals surface area contributed by atoms with Crippen molar-refractivity contribution in [2.45, 2.75) is 11.8 Å². The lowest BCUT2D eigenvalue weighted by Crippen LogP contribution is -2.11. The van der Waals surface area contributed by atoms with Crippen LogP contribution in [-0.4, -0.2) is 13.4 Å². The largest absolute Gasteiger partial charge is 0.358 e. The van der Waals surface area contributed by atoms with Crippen LogP contribution in [0.25, 0.3) is 22.4 Å². The summed E-state index contributed by atoms with van der Waals surface area (Å²) in [7, 11) is -3.67. The molecule has 3 N–H and O–H groups in total. The van der Waals surface area contributed by atoms with Crippen molar-refractivity contribution in [1.29, 1.82) is 0 Å². The molecular formula is C17H16N2O2S. The van der Waals surface area contributed by atoms with Crippen molar-refractivity contribution in [3.8, 4) is 22.4 Å². The van der Waals surface area contributed by atoms with E-state index in [0.29, 0.717) is 0 Å². The summed E-state index contributed by atoms with van der Waals surface area (Å²) in [6, 6.07) is 18.7. The van der Waals surface area contributed by atoms with Crippen LogP contribution in [0.15, 0.2) is 65.6 Å². The quantitative estimate of drug-likeness (QED) is 0.778. The second-order valence-corrected chi connectivity index (χ2v) is 6.74. The van der Waals surface area contributed by atoms with Crippen molar-refractivity contribution in [3.05, 3.63) is 66.4 Å². The lowest BCUT2D eigenvalue weighted by Gasteiger charge is -2.06. The molecule has 0 fully saturated rings. The van der Waals surface area contributed by atoms with Crippen LogP contribution in [0.1, 0.15) is 5.69 Å². The summed E-state index contributed by atoms with van der Waals surface area (Å²) in [5, 5.41) is 5.14. The average molecular weight is 312 g/mol. The molecule has 0 aliphatic heterocycles. The SMILES string of the molecule is Cc1cc(-c2ccc(S(N)(=O)=O)cc2)c(-c2ccccc2)[nH]1. The van der Waals surface area contributed by atoms with E-state index in [1.165, 1.54) is 12.1 Å². The Kier molecular flexibility index (Phi) is 3.60. The minimum Gasteiger partial charge on any atom is -0.358 e. The van der Waals surface area contributed by atoms with Gasteiger partial charge in [0.1, 0.15) is 0 Å². The first-order valence-electron chi connectivity index (χ1n) is 6.83. The van der Waals surface area contributed by atoms with Gasteiger partial charge in [0.15, 0.2) is 0 Å². The van der Waals surface area contributed by atoms with Crippen LogP contribution in [0.4, 0.5) is 0 Å². The van der Waals surface area contributed by atoms with E-state index in [4.69, 9.17) is 5.14 Å². The molecule has 3 aromatic rings. The predicted octanol–water partition coefficient (Wildman–Crippen LogP) is 3.30. The normalized spacial score (nSPS) is 11.5. The van der Waals surface area contributed by atoms with Crippen LogP contribution < -0.4 is 5.14 Å². The third kappa shape index (κ3) is 2.81. The summed E-state index contributed by atoms with van der Waals surface area (Å²) in [5.74, 6) is 0. The fourth-order valence-electron chi connectivity index (χ4n) is 2.47. The summed E-state index contributed by atoms with van der Waals surface area (Å²) in [6.45, 7) is 1.99. The van der Waals surface area contributed by atoms with Crippen molar-refractivity contribution in [2.24, 2.45) is 5.14 Å². The van der Waals surface area contributed by atoms with Gasteiger partial charge in [-0.2, -0.15) is 0 Å². The van der Waals surface area contributed by atoms with Crippen LogP contribution in [0.2, 0.25) is 0 Å². The fraction of sp³-hybridized carbons (Fsp3) is 0.0588. The Morgan fingerprint density at radius 3 is 2.14 bits per heavy atom. The Morgan fingerprint density at radius 2 is 1.55 bits per heavy atom. The molecule has 3 rings (SSSR count). The van der Waals surface area contributed by atoms with Gasteiger partial charge in [-0.05, 0) is 36.2 Å². The van der Waals surface area contributed by atoms with Crippen molar-refractivity contribution < 1.29 is 8.42 Å². The van der Waals surface area contributed by atoms with Crippen LogP contribution in [0.3, 0.4) is 0 Å². The Hall–Kier alpha value is -2.37. The molecule has 0 saturated heterocycles. The molecule has 0 bridgehead atoms. The van der Waals surface area contributed by atoms with E-state index in [9.17, 15) is 8.42 Å². The number of aromatic amines is 1. The third-order valence-electron chi connectivity index (χ3n) is 3.51. The van der Waals surface area contributed by atoms with E-state index in [0.717, 1.165) is 28.1 Å². The fourth-order valence-corrected chi connectivity index (χ4v) is 2.99. The first kappa shape index (κ1) is 14.6. The van der Waals surface area contributed by atoms with Crippen molar-refractivity contribution >= 4 is 10.0 Å². The topological polar surface area (TPSA) is 76.0 Å². The van der Waals surface area contributed by atoms with Crippen LogP contribution in [0, 0.1) is 6.92 Å². The number of H-pyrrole nitrogens is 1. The van der Waals surface area contributed by atoms with Crippen molar-refractivity contribution in [1.82, 2.24) is 4.98 Å². The van der Waals surface area contributed by atoms with Gasteiger partial charge in [0.25, 0.3) is 0 Å². The van der Waals surface area contributed by atoms with E-state index in [1.807, 2.05) is 43.3 Å². The molecule has 4 nitrogen and oxygen atoms in total. The number of nitrogens with two attached hydrogens (primary N) is 1. The standard InChI is InChI=1S/C17H16N2O2S/c1-12-11-16(17(19-12)14-5-3-2-4-6-14)13-7-9-15(10-8-13)22(18,20)21/h2-11,19H,1H3,(H2,18,20,21). The Morgan fingerprint density at radius 1 is 0.909 bits per heavy atom. The van der Waals surface area contributed by atoms with E-state index in [-0.39, 0.29) is 4.90 Å². The molecule has 1 heterocycles. The highest BCUT2D eigenvalue weighted by Crippen LogP contribution is 2.32. The second-order valence-electron chi connectivity index (χ2n) is 5.18. The van der Waals surface area contributed by atoms with Crippen molar-refractivity contribution in [3.63, 3.8) is 0 Å². The lowest BCUT2D eigenvalue weighted by atomic mass is 10.0. The van der Waals surface area contributed by atoms with Gasteiger partial charge in [0.05, 0.1) is 10.6 Å². The molecule has 0 spiro atoms. The number of nitrogens with one attached hydrogen (secondary N) is 1. The van der Waals surface area contributed by atoms with Gasteiger partial charge in [-0.3, -0.25) is 0 Å². The highest BCUT2D eigenvalue weighted by Gasteiger charge is 2.12. The van der Waals surface area contributed by atoms with Gasteiger partial charge in [-0.1, -0.05) is 42.5 Å². The molecule has 0 unspecified atom stereocenters. The van der Waals surface area contributed by atoms with Crippen LogP contribution in [0.5, 0.6) is 0 Å². The minimum absolute atomic E-state index is 0.116. The van der Waals surface area contributed by atoms with Crippen LogP contribution >= 0.6 is 0 Å². The highest BCUT2D eigenvalue weighted by molar-refractivity contribution is 7.89. The number of benzene rings is 2. The molecule has 0 atom stereocenters. The highest BCUT2D eigenvalue weighted by atomic mass is 32.2. The molecule has 2 aromatic carbocycles. The Bertz CT molecular complexity index is 896. The summed E-state index contributed by atoms with van der Waals surface area (Å²) in [6.07, 6.45) is 0. The number of rotatable bonds is 3. The number of primary sulfonamides is 1. The maximum atomic E-state index is 11.3. The van der Waals surface area contributed by atoms with Gasteiger partial charge in [-0.15, -0.1) is 0 Å². The first-order chi connectivity index (χ1) is 10.4. The zero-order valence-corrected chi connectivity index (χ0v) is 12.9. The lowest BCUT2D eigenvalue weighted by molar-refractivity contribution is 0.598. The molecule has 22 heavy (non-hydrogen) atoms. The summed E-state index contributed by atoms with van der Waals surface area (Å²) in [5.41, 5.74) is 5.12. The monoisotopic (exact) mass is 312 g/mol. The second kappa shape index (κ2) is 5.44. The average Bonchev–Trinajstić information content (AvgIpc) is 2.89. The molecule has 0 amide bonds. The smallest absolute Gasteiger partial charge is 0.238 e. The summed E-state index contributed by atoms with van der Waals surface area (Å²) < 4.78 is 22.7. The Balaban J connectivity index is 2.10. The predicted molar refractivity (Wildman–Crippen MR) is 87.8 cm³/mol. The number of aromatic nitrogens is 1. The van der Waals surface area contributed by atoms with E-state index in [2.05, 4.69) is 4.98 Å². The van der Waals surface area contributed by atoms with Gasteiger partial charge in [0.2, 0.25) is 10.0 Å². The Labute approximate surface area is 129 Å². The molecular weight excluding hydrogens is 296 g/mol. The molecule has 112 valence electrons. The van der Waals surface area contributed by atoms with Crippen LogP contribution in [-0.2, 0) is 10.0 Å². The first-order valence-corrected chi connectivity index (χ1v) is 8.38. The third-order valence-corrected chi connectivity index (χ3v) is 4.44. The van der Waals surface area contributed by atoms with E-state index in [1.54, 1.807) is 12.1 Å². The molecule has 1 aromatic heterocycles.